The number of hydrogen-bond acceptors (Lipinski definition) is 6. The number of amides is 1. The lowest BCUT2D eigenvalue weighted by atomic mass is 10.4. The summed E-state index contributed by atoms with van der Waals surface area (Å²) in [6, 6.07) is 0. The molecule has 0 atom stereocenters. The molecule has 2 aromatic rings. The quantitative estimate of drug-likeness (QED) is 0.429. The Kier molecular flexibility index (Phi) is 2.66. The molecule has 7 heteroatoms. The molecule has 1 amide bonds. The average Bonchev–Trinajstić information content (AvgIpc) is 2.78. The molecule has 3 N–H and O–H groups in total. The standard InChI is InChI=1S/C8H7N5OS/c9-13-7(14)6-4-15-8(12-6)5-3-10-1-2-11-5/h1-4H,9H2,(H,13,14). The molecule has 0 aliphatic rings. The van der Waals surface area contributed by atoms with Gasteiger partial charge in [-0.15, -0.1) is 11.3 Å². The highest BCUT2D eigenvalue weighted by atomic mass is 32.1. The van der Waals surface area contributed by atoms with Gasteiger partial charge in [0, 0.05) is 17.8 Å². The summed E-state index contributed by atoms with van der Waals surface area (Å²) >= 11 is 1.32. The highest BCUT2D eigenvalue weighted by Gasteiger charge is 2.10. The number of carbonyl (C=O) groups is 1. The molecular weight excluding hydrogens is 214 g/mol. The summed E-state index contributed by atoms with van der Waals surface area (Å²) in [5.74, 6) is 4.57. The fourth-order valence-electron chi connectivity index (χ4n) is 0.979. The lowest BCUT2D eigenvalue weighted by molar-refractivity contribution is 0.0949. The maximum atomic E-state index is 11.1. The Morgan fingerprint density at radius 1 is 1.47 bits per heavy atom. The smallest absolute Gasteiger partial charge is 0.284 e. The topological polar surface area (TPSA) is 93.8 Å². The third kappa shape index (κ3) is 1.97. The largest absolute Gasteiger partial charge is 0.289 e. The van der Waals surface area contributed by atoms with E-state index in [1.54, 1.807) is 24.0 Å². The van der Waals surface area contributed by atoms with Crippen LogP contribution >= 0.6 is 11.3 Å². The zero-order valence-corrected chi connectivity index (χ0v) is 8.36. The van der Waals surface area contributed by atoms with Gasteiger partial charge in [0.1, 0.15) is 16.4 Å². The van der Waals surface area contributed by atoms with Crippen molar-refractivity contribution in [2.24, 2.45) is 5.84 Å². The van der Waals surface area contributed by atoms with Gasteiger partial charge in [-0.25, -0.2) is 10.8 Å². The van der Waals surface area contributed by atoms with E-state index in [9.17, 15) is 4.79 Å². The van der Waals surface area contributed by atoms with Gasteiger partial charge in [-0.2, -0.15) is 0 Å². The number of thiazole rings is 1. The molecule has 0 saturated heterocycles. The van der Waals surface area contributed by atoms with Crippen LogP contribution in [-0.4, -0.2) is 20.9 Å². The predicted molar refractivity (Wildman–Crippen MR) is 54.8 cm³/mol. The summed E-state index contributed by atoms with van der Waals surface area (Å²) in [6.07, 6.45) is 4.73. The second kappa shape index (κ2) is 4.11. The molecule has 0 unspecified atom stereocenters. The summed E-state index contributed by atoms with van der Waals surface area (Å²) in [6.45, 7) is 0. The summed E-state index contributed by atoms with van der Waals surface area (Å²) < 4.78 is 0. The van der Waals surface area contributed by atoms with E-state index in [4.69, 9.17) is 5.84 Å². The van der Waals surface area contributed by atoms with Gasteiger partial charge >= 0.3 is 0 Å². The van der Waals surface area contributed by atoms with Crippen molar-refractivity contribution in [3.8, 4) is 10.7 Å². The van der Waals surface area contributed by atoms with E-state index in [2.05, 4.69) is 15.0 Å². The third-order valence-electron chi connectivity index (χ3n) is 1.65. The van der Waals surface area contributed by atoms with E-state index in [0.29, 0.717) is 10.7 Å². The van der Waals surface area contributed by atoms with Crippen LogP contribution in [0.15, 0.2) is 24.0 Å². The number of rotatable bonds is 2. The first kappa shape index (κ1) is 9.69. The number of nitrogens with two attached hydrogens (primary N) is 1. The van der Waals surface area contributed by atoms with Crippen LogP contribution in [0.5, 0.6) is 0 Å². The predicted octanol–water partition coefficient (Wildman–Crippen LogP) is 0.204. The molecule has 2 rings (SSSR count). The number of nitrogens with one attached hydrogen (secondary N) is 1. The van der Waals surface area contributed by atoms with Crippen molar-refractivity contribution in [1.82, 2.24) is 20.4 Å². The van der Waals surface area contributed by atoms with Crippen molar-refractivity contribution in [2.75, 3.05) is 0 Å². The fourth-order valence-corrected chi connectivity index (χ4v) is 1.74. The maximum Gasteiger partial charge on any atom is 0.284 e. The van der Waals surface area contributed by atoms with Crippen molar-refractivity contribution in [3.05, 3.63) is 29.7 Å². The van der Waals surface area contributed by atoms with Gasteiger partial charge in [-0.3, -0.25) is 20.2 Å². The van der Waals surface area contributed by atoms with E-state index in [-0.39, 0.29) is 5.69 Å². The van der Waals surface area contributed by atoms with Gasteiger partial charge in [0.05, 0.1) is 6.20 Å². The molecule has 0 radical (unpaired) electrons. The van der Waals surface area contributed by atoms with E-state index >= 15 is 0 Å². The molecule has 0 bridgehead atoms. The highest BCUT2D eigenvalue weighted by molar-refractivity contribution is 7.13. The SMILES string of the molecule is NNC(=O)c1csc(-c2cnccn2)n1. The summed E-state index contributed by atoms with van der Waals surface area (Å²) in [4.78, 5) is 23.2. The third-order valence-corrected chi connectivity index (χ3v) is 2.52. The maximum absolute atomic E-state index is 11.1. The fraction of sp³-hybridized carbons (Fsp3) is 0. The Labute approximate surface area is 89.2 Å². The van der Waals surface area contributed by atoms with E-state index in [1.807, 2.05) is 5.43 Å². The Morgan fingerprint density at radius 3 is 3.00 bits per heavy atom. The minimum Gasteiger partial charge on any atom is -0.289 e. The minimum absolute atomic E-state index is 0.281. The van der Waals surface area contributed by atoms with Gasteiger partial charge in [0.2, 0.25) is 0 Å². The number of nitrogen functional groups attached to an aromatic ring is 1. The number of hydrogen-bond donors (Lipinski definition) is 2. The van der Waals surface area contributed by atoms with Crippen LogP contribution in [0.2, 0.25) is 0 Å². The lowest BCUT2D eigenvalue weighted by Gasteiger charge is -1.93. The molecular formula is C8H7N5OS. The number of nitrogens with zero attached hydrogens (tertiary/aromatic N) is 3. The molecule has 2 aromatic heterocycles. The van der Waals surface area contributed by atoms with E-state index in [1.165, 1.54) is 11.3 Å². The van der Waals surface area contributed by atoms with Gasteiger partial charge in [0.25, 0.3) is 5.91 Å². The summed E-state index contributed by atoms with van der Waals surface area (Å²) in [7, 11) is 0. The first-order valence-electron chi connectivity index (χ1n) is 4.04. The molecule has 2 heterocycles. The van der Waals surface area contributed by atoms with Crippen molar-refractivity contribution < 1.29 is 4.79 Å². The van der Waals surface area contributed by atoms with Crippen LogP contribution in [0.25, 0.3) is 10.7 Å². The van der Waals surface area contributed by atoms with Crippen molar-refractivity contribution in [2.45, 2.75) is 0 Å². The van der Waals surface area contributed by atoms with Crippen LogP contribution in [0.4, 0.5) is 0 Å². The van der Waals surface area contributed by atoms with Crippen LogP contribution in [0.3, 0.4) is 0 Å². The van der Waals surface area contributed by atoms with Gasteiger partial charge in [-0.1, -0.05) is 0 Å². The number of carbonyl (C=O) groups excluding carboxylic acids is 1. The van der Waals surface area contributed by atoms with Gasteiger partial charge in [0.15, 0.2) is 0 Å². The molecule has 0 saturated carbocycles. The number of hydrazine groups is 1. The monoisotopic (exact) mass is 221 g/mol. The normalized spacial score (nSPS) is 9.93. The average molecular weight is 221 g/mol. The van der Waals surface area contributed by atoms with Crippen LogP contribution in [0, 0.1) is 0 Å². The number of aromatic nitrogens is 3. The molecule has 0 fully saturated rings. The van der Waals surface area contributed by atoms with Crippen molar-refractivity contribution in [3.63, 3.8) is 0 Å². The Morgan fingerprint density at radius 2 is 2.33 bits per heavy atom. The van der Waals surface area contributed by atoms with Gasteiger partial charge < -0.3 is 0 Å². The van der Waals surface area contributed by atoms with Crippen LogP contribution in [0.1, 0.15) is 10.5 Å². The minimum atomic E-state index is -0.415. The second-order valence-corrected chi connectivity index (χ2v) is 3.46. The first-order valence-corrected chi connectivity index (χ1v) is 4.92. The molecule has 0 spiro atoms. The van der Waals surface area contributed by atoms with Crippen molar-refractivity contribution in [1.29, 1.82) is 0 Å². The van der Waals surface area contributed by atoms with Crippen LogP contribution in [-0.2, 0) is 0 Å². The Bertz CT molecular complexity index is 469. The van der Waals surface area contributed by atoms with E-state index in [0.717, 1.165) is 0 Å². The summed E-state index contributed by atoms with van der Waals surface area (Å²) in [5.41, 5.74) is 2.93. The molecule has 76 valence electrons. The molecule has 0 aliphatic carbocycles. The highest BCUT2D eigenvalue weighted by Crippen LogP contribution is 2.20. The molecule has 6 nitrogen and oxygen atoms in total. The van der Waals surface area contributed by atoms with Crippen LogP contribution < -0.4 is 11.3 Å². The van der Waals surface area contributed by atoms with Crippen molar-refractivity contribution >= 4 is 17.2 Å². The van der Waals surface area contributed by atoms with Gasteiger partial charge in [-0.05, 0) is 0 Å². The molecule has 0 aromatic carbocycles. The second-order valence-electron chi connectivity index (χ2n) is 2.60. The zero-order valence-electron chi connectivity index (χ0n) is 7.54. The zero-order chi connectivity index (χ0) is 10.7. The summed E-state index contributed by atoms with van der Waals surface area (Å²) in [5, 5.41) is 2.26. The lowest BCUT2D eigenvalue weighted by Crippen LogP contribution is -2.30. The van der Waals surface area contributed by atoms with E-state index < -0.39 is 5.91 Å². The Hall–Kier alpha value is -1.86. The molecule has 15 heavy (non-hydrogen) atoms. The molecule has 0 aliphatic heterocycles. The first-order chi connectivity index (χ1) is 7.31. The Balaban J connectivity index is 2.32.